The van der Waals surface area contributed by atoms with Gasteiger partial charge in [0.25, 0.3) is 15.9 Å². The van der Waals surface area contributed by atoms with Gasteiger partial charge in [-0.15, -0.1) is 0 Å². The number of halogens is 3. The quantitative estimate of drug-likeness (QED) is 0.227. The van der Waals surface area contributed by atoms with Crippen LogP contribution in [0.25, 0.3) is 11.0 Å². The van der Waals surface area contributed by atoms with Crippen LogP contribution in [0.4, 0.5) is 20.2 Å². The molecule has 0 aliphatic carbocycles. The van der Waals surface area contributed by atoms with Crippen molar-refractivity contribution in [2.45, 2.75) is 30.7 Å². The number of pyridine rings is 2. The number of benzene rings is 2. The van der Waals surface area contributed by atoms with Gasteiger partial charge >= 0.3 is 0 Å². The van der Waals surface area contributed by atoms with Gasteiger partial charge in [0.15, 0.2) is 5.03 Å². The Balaban J connectivity index is 1.37. The van der Waals surface area contributed by atoms with E-state index in [0.717, 1.165) is 9.54 Å². The Morgan fingerprint density at radius 1 is 1.00 bits per heavy atom. The van der Waals surface area contributed by atoms with E-state index in [2.05, 4.69) is 15.3 Å². The number of likely N-dealkylation sites (tertiary alicyclic amines) is 1. The predicted octanol–water partition coefficient (Wildman–Crippen LogP) is 6.67. The second-order valence-electron chi connectivity index (χ2n) is 10.4. The third kappa shape index (κ3) is 5.46. The Kier molecular flexibility index (Phi) is 7.61. The fraction of sp³-hybridized carbons (Fsp3) is 0.194. The summed E-state index contributed by atoms with van der Waals surface area (Å²) >= 11 is 6.79. The highest BCUT2D eigenvalue weighted by Crippen LogP contribution is 2.37. The lowest BCUT2D eigenvalue weighted by Gasteiger charge is -2.33. The summed E-state index contributed by atoms with van der Waals surface area (Å²) in [4.78, 5) is 23.9. The second-order valence-corrected chi connectivity index (χ2v) is 12.5. The SMILES string of the molecule is Cc1cc(F)ccc1Nc1c(C(=O)N2CCC(c3ccc(F)cc3)CC2)cnc(S(=O)(=O)n2ccc3ncccc32)c1Cl. The molecule has 43 heavy (non-hydrogen) atoms. The summed E-state index contributed by atoms with van der Waals surface area (Å²) < 4.78 is 55.9. The van der Waals surface area contributed by atoms with Gasteiger partial charge < -0.3 is 10.2 Å². The first kappa shape index (κ1) is 28.8. The molecule has 8 nitrogen and oxygen atoms in total. The minimum Gasteiger partial charge on any atom is -0.353 e. The molecule has 1 aliphatic rings. The molecule has 1 fully saturated rings. The summed E-state index contributed by atoms with van der Waals surface area (Å²) in [6, 6.07) is 15.2. The molecule has 5 aromatic rings. The molecule has 0 radical (unpaired) electrons. The molecule has 0 atom stereocenters. The molecule has 6 rings (SSSR count). The predicted molar refractivity (Wildman–Crippen MR) is 160 cm³/mol. The van der Waals surface area contributed by atoms with Crippen LogP contribution in [0.1, 0.15) is 40.2 Å². The summed E-state index contributed by atoms with van der Waals surface area (Å²) in [6.07, 6.45) is 5.46. The number of rotatable bonds is 6. The Morgan fingerprint density at radius 3 is 2.44 bits per heavy atom. The number of aryl methyl sites for hydroxylation is 1. The minimum atomic E-state index is -4.31. The van der Waals surface area contributed by atoms with E-state index in [1.54, 1.807) is 48.4 Å². The zero-order chi connectivity index (χ0) is 30.3. The second kappa shape index (κ2) is 11.4. The molecule has 0 unspecified atom stereocenters. The van der Waals surface area contributed by atoms with E-state index >= 15 is 0 Å². The summed E-state index contributed by atoms with van der Waals surface area (Å²) in [5, 5.41) is 2.35. The van der Waals surface area contributed by atoms with E-state index in [-0.39, 0.29) is 33.9 Å². The van der Waals surface area contributed by atoms with Crippen LogP contribution in [0, 0.1) is 18.6 Å². The molecule has 1 N–H and O–H groups in total. The molecule has 220 valence electrons. The van der Waals surface area contributed by atoms with E-state index in [1.807, 2.05) is 0 Å². The van der Waals surface area contributed by atoms with Gasteiger partial charge in [0, 0.05) is 37.4 Å². The van der Waals surface area contributed by atoms with Gasteiger partial charge in [-0.2, -0.15) is 8.42 Å². The van der Waals surface area contributed by atoms with Crippen molar-refractivity contribution >= 4 is 49.9 Å². The maximum absolute atomic E-state index is 13.9. The lowest BCUT2D eigenvalue weighted by atomic mass is 9.89. The normalized spacial score (nSPS) is 14.3. The number of carbonyl (C=O) groups is 1. The van der Waals surface area contributed by atoms with Crippen molar-refractivity contribution in [2.75, 3.05) is 18.4 Å². The van der Waals surface area contributed by atoms with Gasteiger partial charge in [-0.25, -0.2) is 17.7 Å². The van der Waals surface area contributed by atoms with E-state index < -0.39 is 20.9 Å². The highest BCUT2D eigenvalue weighted by Gasteiger charge is 2.32. The molecule has 1 saturated heterocycles. The Morgan fingerprint density at radius 2 is 1.72 bits per heavy atom. The summed E-state index contributed by atoms with van der Waals surface area (Å²) in [6.45, 7) is 2.53. The van der Waals surface area contributed by atoms with Crippen LogP contribution >= 0.6 is 11.6 Å². The van der Waals surface area contributed by atoms with E-state index in [9.17, 15) is 22.0 Å². The monoisotopic (exact) mass is 621 g/mol. The van der Waals surface area contributed by atoms with Gasteiger partial charge in [0.1, 0.15) is 16.7 Å². The van der Waals surface area contributed by atoms with Gasteiger partial charge in [-0.3, -0.25) is 9.78 Å². The number of anilines is 2. The van der Waals surface area contributed by atoms with Gasteiger partial charge in [0.05, 0.1) is 22.3 Å². The fourth-order valence-electron chi connectivity index (χ4n) is 5.40. The van der Waals surface area contributed by atoms with Crippen molar-refractivity contribution in [3.63, 3.8) is 0 Å². The molecule has 12 heteroatoms. The summed E-state index contributed by atoms with van der Waals surface area (Å²) in [5.74, 6) is -0.956. The van der Waals surface area contributed by atoms with E-state index in [4.69, 9.17) is 11.6 Å². The first-order valence-corrected chi connectivity index (χ1v) is 15.4. The molecule has 1 amide bonds. The molecule has 1 aliphatic heterocycles. The Bertz CT molecular complexity index is 1960. The van der Waals surface area contributed by atoms with Crippen molar-refractivity contribution in [1.82, 2.24) is 18.8 Å². The number of hydrogen-bond acceptors (Lipinski definition) is 6. The van der Waals surface area contributed by atoms with Gasteiger partial charge in [0.2, 0.25) is 0 Å². The van der Waals surface area contributed by atoms with Crippen LogP contribution in [-0.4, -0.2) is 46.3 Å². The van der Waals surface area contributed by atoms with Gasteiger partial charge in [-0.1, -0.05) is 23.7 Å². The van der Waals surface area contributed by atoms with Gasteiger partial charge in [-0.05, 0) is 85.3 Å². The lowest BCUT2D eigenvalue weighted by molar-refractivity contribution is 0.0713. The van der Waals surface area contributed by atoms with E-state index in [0.29, 0.717) is 48.2 Å². The highest BCUT2D eigenvalue weighted by atomic mass is 35.5. The van der Waals surface area contributed by atoms with Crippen molar-refractivity contribution < 1.29 is 22.0 Å². The van der Waals surface area contributed by atoms with Crippen LogP contribution in [0.2, 0.25) is 5.02 Å². The van der Waals surface area contributed by atoms with Crippen molar-refractivity contribution in [2.24, 2.45) is 0 Å². The number of hydrogen-bond donors (Lipinski definition) is 1. The standard InChI is InChI=1S/C31H26ClF2N5O3S/c1-19-17-23(34)8-9-25(19)37-29-24(31(40)38-14-10-21(11-15-38)20-4-6-22(33)7-5-20)18-36-30(28(29)32)43(41,42)39-16-12-26-27(39)3-2-13-35-26/h2-9,12-13,16-18,21H,10-11,14-15H2,1H3,(H,36,37). The molecule has 0 spiro atoms. The maximum atomic E-state index is 13.9. The molecule has 0 saturated carbocycles. The van der Waals surface area contributed by atoms with Crippen LogP contribution in [0.3, 0.4) is 0 Å². The average Bonchev–Trinajstić information content (AvgIpc) is 3.45. The zero-order valence-corrected chi connectivity index (χ0v) is 24.5. The molecule has 0 bridgehead atoms. The van der Waals surface area contributed by atoms with Crippen LogP contribution in [-0.2, 0) is 10.0 Å². The fourth-order valence-corrected chi connectivity index (χ4v) is 7.23. The zero-order valence-electron chi connectivity index (χ0n) is 23.0. The molecule has 4 heterocycles. The largest absolute Gasteiger partial charge is 0.353 e. The number of fused-ring (bicyclic) bond motifs is 1. The van der Waals surface area contributed by atoms with Crippen LogP contribution in [0.5, 0.6) is 0 Å². The van der Waals surface area contributed by atoms with Crippen LogP contribution in [0.15, 0.2) is 84.3 Å². The number of piperidine rings is 1. The molecule has 3 aromatic heterocycles. The molecule has 2 aromatic carbocycles. The maximum Gasteiger partial charge on any atom is 0.287 e. The van der Waals surface area contributed by atoms with Crippen molar-refractivity contribution in [3.8, 4) is 0 Å². The molecular formula is C31H26ClF2N5O3S. The summed E-state index contributed by atoms with van der Waals surface area (Å²) in [7, 11) is -4.31. The Labute approximate surface area is 252 Å². The highest BCUT2D eigenvalue weighted by molar-refractivity contribution is 7.90. The Hall–Kier alpha value is -4.35. The average molecular weight is 622 g/mol. The topological polar surface area (TPSA) is 97.2 Å². The van der Waals surface area contributed by atoms with Crippen molar-refractivity contribution in [3.05, 3.63) is 113 Å². The smallest absolute Gasteiger partial charge is 0.287 e. The number of nitrogens with one attached hydrogen (secondary N) is 1. The molecular weight excluding hydrogens is 596 g/mol. The first-order chi connectivity index (χ1) is 20.6. The first-order valence-electron chi connectivity index (χ1n) is 13.6. The third-order valence-corrected chi connectivity index (χ3v) is 9.83. The van der Waals surface area contributed by atoms with E-state index in [1.165, 1.54) is 42.7 Å². The lowest BCUT2D eigenvalue weighted by Crippen LogP contribution is -2.38. The number of aromatic nitrogens is 3. The number of nitrogens with zero attached hydrogens (tertiary/aromatic N) is 4. The third-order valence-electron chi connectivity index (χ3n) is 7.71. The number of amides is 1. The number of carbonyl (C=O) groups excluding carboxylic acids is 1. The minimum absolute atomic E-state index is 0.0465. The summed E-state index contributed by atoms with van der Waals surface area (Å²) in [5.41, 5.74) is 2.91. The van der Waals surface area contributed by atoms with Crippen molar-refractivity contribution in [1.29, 1.82) is 0 Å². The van der Waals surface area contributed by atoms with Crippen LogP contribution < -0.4 is 5.32 Å².